The van der Waals surface area contributed by atoms with Crippen molar-refractivity contribution in [1.29, 1.82) is 0 Å². The summed E-state index contributed by atoms with van der Waals surface area (Å²) < 4.78 is 0. The van der Waals surface area contributed by atoms with Crippen LogP contribution in [0.3, 0.4) is 0 Å². The van der Waals surface area contributed by atoms with E-state index in [0.29, 0.717) is 6.04 Å². The first-order valence-corrected chi connectivity index (χ1v) is 8.41. The molecule has 2 aliphatic rings. The third-order valence-corrected chi connectivity index (χ3v) is 4.92. The van der Waals surface area contributed by atoms with Gasteiger partial charge in [-0.25, -0.2) is 0 Å². The van der Waals surface area contributed by atoms with Gasteiger partial charge >= 0.3 is 0 Å². The Balaban J connectivity index is 1.60. The molecule has 3 rings (SSSR count). The first kappa shape index (κ1) is 15.0. The van der Waals surface area contributed by atoms with E-state index in [-0.39, 0.29) is 0 Å². The Labute approximate surface area is 129 Å². The number of piperidine rings is 1. The average molecular weight is 287 g/mol. The van der Waals surface area contributed by atoms with Gasteiger partial charge in [0.2, 0.25) is 0 Å². The van der Waals surface area contributed by atoms with Gasteiger partial charge in [-0.3, -0.25) is 4.90 Å². The average Bonchev–Trinajstić information content (AvgIpc) is 3.30. The van der Waals surface area contributed by atoms with E-state index in [2.05, 4.69) is 53.5 Å². The molecule has 0 spiro atoms. The van der Waals surface area contributed by atoms with Crippen LogP contribution in [0.5, 0.6) is 0 Å². The van der Waals surface area contributed by atoms with Crippen LogP contribution in [0.25, 0.3) is 0 Å². The van der Waals surface area contributed by atoms with Gasteiger partial charge in [-0.15, -0.1) is 0 Å². The molecule has 2 fully saturated rings. The lowest BCUT2D eigenvalue weighted by atomic mass is 10.0. The highest BCUT2D eigenvalue weighted by molar-refractivity contribution is 5.27. The number of benzene rings is 1. The Morgan fingerprint density at radius 1 is 1.19 bits per heavy atom. The van der Waals surface area contributed by atoms with Crippen molar-refractivity contribution >= 4 is 0 Å². The fraction of sp³-hybridized carbons (Fsp3) is 0.667. The van der Waals surface area contributed by atoms with Crippen molar-refractivity contribution < 1.29 is 0 Å². The lowest BCUT2D eigenvalue weighted by molar-refractivity contribution is 0.129. The molecule has 1 aliphatic heterocycles. The van der Waals surface area contributed by atoms with Crippen molar-refractivity contribution in [2.24, 2.45) is 0 Å². The van der Waals surface area contributed by atoms with Crippen LogP contribution in [0.4, 0.5) is 0 Å². The van der Waals surface area contributed by atoms with Gasteiger partial charge in [-0.05, 0) is 57.5 Å². The van der Waals surface area contributed by atoms with E-state index < -0.39 is 0 Å². The van der Waals surface area contributed by atoms with Crippen molar-refractivity contribution in [2.45, 2.75) is 50.9 Å². The Morgan fingerprint density at radius 3 is 2.67 bits per heavy atom. The van der Waals surface area contributed by atoms with Crippen molar-refractivity contribution in [2.75, 3.05) is 27.2 Å². The normalized spacial score (nSPS) is 23.7. The molecule has 1 atom stereocenters. The molecule has 1 heterocycles. The van der Waals surface area contributed by atoms with Crippen molar-refractivity contribution in [3.8, 4) is 0 Å². The molecule has 0 aromatic heterocycles. The largest absolute Gasteiger partial charge is 0.310 e. The summed E-state index contributed by atoms with van der Waals surface area (Å²) in [6.07, 6.45) is 5.38. The molecule has 1 aromatic carbocycles. The Bertz CT molecular complexity index is 456. The summed E-state index contributed by atoms with van der Waals surface area (Å²) in [4.78, 5) is 5.01. The van der Waals surface area contributed by atoms with Crippen LogP contribution in [0.15, 0.2) is 24.3 Å². The molecule has 1 unspecified atom stereocenters. The van der Waals surface area contributed by atoms with Crippen molar-refractivity contribution in [1.82, 2.24) is 15.1 Å². The van der Waals surface area contributed by atoms with Gasteiger partial charge in [0.15, 0.2) is 0 Å². The smallest absolute Gasteiger partial charge is 0.0237 e. The van der Waals surface area contributed by atoms with E-state index in [1.807, 2.05) is 0 Å². The molecular formula is C18H29N3. The molecule has 3 nitrogen and oxygen atoms in total. The zero-order valence-corrected chi connectivity index (χ0v) is 13.5. The Kier molecular flexibility index (Phi) is 4.94. The van der Waals surface area contributed by atoms with Gasteiger partial charge in [0, 0.05) is 31.7 Å². The lowest BCUT2D eigenvalue weighted by Gasteiger charge is -2.36. The molecular weight excluding hydrogens is 258 g/mol. The second kappa shape index (κ2) is 6.91. The summed E-state index contributed by atoms with van der Waals surface area (Å²) in [5.41, 5.74) is 2.96. The third-order valence-electron chi connectivity index (χ3n) is 4.92. The summed E-state index contributed by atoms with van der Waals surface area (Å²) in [7, 11) is 4.53. The topological polar surface area (TPSA) is 18.5 Å². The molecule has 0 amide bonds. The van der Waals surface area contributed by atoms with E-state index in [1.165, 1.54) is 49.9 Å². The minimum atomic E-state index is 0.702. The highest BCUT2D eigenvalue weighted by atomic mass is 15.2. The van der Waals surface area contributed by atoms with Gasteiger partial charge < -0.3 is 10.2 Å². The maximum Gasteiger partial charge on any atom is 0.0237 e. The van der Waals surface area contributed by atoms with Crippen molar-refractivity contribution in [3.63, 3.8) is 0 Å². The van der Waals surface area contributed by atoms with E-state index >= 15 is 0 Å². The number of likely N-dealkylation sites (tertiary alicyclic amines) is 1. The van der Waals surface area contributed by atoms with Crippen LogP contribution >= 0.6 is 0 Å². The van der Waals surface area contributed by atoms with Gasteiger partial charge in [0.25, 0.3) is 0 Å². The van der Waals surface area contributed by atoms with E-state index in [4.69, 9.17) is 0 Å². The number of nitrogens with zero attached hydrogens (tertiary/aromatic N) is 2. The maximum atomic E-state index is 3.65. The fourth-order valence-electron chi connectivity index (χ4n) is 3.32. The second-order valence-corrected chi connectivity index (χ2v) is 6.90. The highest BCUT2D eigenvalue weighted by Gasteiger charge is 2.22. The summed E-state index contributed by atoms with van der Waals surface area (Å²) >= 11 is 0. The molecule has 1 saturated carbocycles. The van der Waals surface area contributed by atoms with Gasteiger partial charge in [-0.1, -0.05) is 24.3 Å². The number of likely N-dealkylation sites (N-methyl/N-ethyl adjacent to an activating group) is 2. The zero-order chi connectivity index (χ0) is 14.7. The molecule has 0 bridgehead atoms. The predicted octanol–water partition coefficient (Wildman–Crippen LogP) is 2.46. The maximum absolute atomic E-state index is 3.65. The minimum absolute atomic E-state index is 0.702. The van der Waals surface area contributed by atoms with Crippen LogP contribution in [-0.2, 0) is 13.1 Å². The van der Waals surface area contributed by atoms with E-state index in [0.717, 1.165) is 19.1 Å². The molecule has 21 heavy (non-hydrogen) atoms. The first-order chi connectivity index (χ1) is 10.2. The van der Waals surface area contributed by atoms with Crippen LogP contribution in [0, 0.1) is 0 Å². The summed E-state index contributed by atoms with van der Waals surface area (Å²) in [5, 5.41) is 3.65. The van der Waals surface area contributed by atoms with Gasteiger partial charge in [-0.2, -0.15) is 0 Å². The summed E-state index contributed by atoms with van der Waals surface area (Å²) in [6.45, 7) is 4.56. The number of hydrogen-bond acceptors (Lipinski definition) is 3. The minimum Gasteiger partial charge on any atom is -0.310 e. The molecule has 3 heteroatoms. The van der Waals surface area contributed by atoms with Crippen LogP contribution < -0.4 is 5.32 Å². The lowest BCUT2D eigenvalue weighted by Crippen LogP contribution is -2.44. The molecule has 1 aliphatic carbocycles. The fourth-order valence-corrected chi connectivity index (χ4v) is 3.32. The van der Waals surface area contributed by atoms with Crippen molar-refractivity contribution in [3.05, 3.63) is 35.4 Å². The molecule has 0 radical (unpaired) electrons. The summed E-state index contributed by atoms with van der Waals surface area (Å²) in [6, 6.07) is 10.4. The van der Waals surface area contributed by atoms with Gasteiger partial charge in [0.1, 0.15) is 0 Å². The van der Waals surface area contributed by atoms with Gasteiger partial charge in [0.05, 0.1) is 0 Å². The quantitative estimate of drug-likeness (QED) is 0.867. The van der Waals surface area contributed by atoms with E-state index in [1.54, 1.807) is 0 Å². The number of nitrogens with one attached hydrogen (secondary N) is 1. The molecule has 116 valence electrons. The van der Waals surface area contributed by atoms with Crippen LogP contribution in [0.2, 0.25) is 0 Å². The second-order valence-electron chi connectivity index (χ2n) is 6.90. The van der Waals surface area contributed by atoms with Crippen LogP contribution in [0.1, 0.15) is 36.8 Å². The zero-order valence-electron chi connectivity index (χ0n) is 13.5. The van der Waals surface area contributed by atoms with E-state index in [9.17, 15) is 0 Å². The number of rotatable bonds is 6. The summed E-state index contributed by atoms with van der Waals surface area (Å²) in [5.74, 6) is 0. The standard InChI is InChI=1S/C18H29N3/c1-20-11-5-8-18(14-20)21(2)13-16-7-4-3-6-15(16)12-19-17-9-10-17/h3-4,6-7,17-19H,5,8-14H2,1-2H3. The monoisotopic (exact) mass is 287 g/mol. The molecule has 1 aromatic rings. The Hall–Kier alpha value is -0.900. The number of hydrogen-bond donors (Lipinski definition) is 1. The van der Waals surface area contributed by atoms with Crippen LogP contribution in [-0.4, -0.2) is 49.1 Å². The highest BCUT2D eigenvalue weighted by Crippen LogP contribution is 2.21. The molecule has 1 N–H and O–H groups in total. The Morgan fingerprint density at radius 2 is 1.95 bits per heavy atom. The molecule has 1 saturated heterocycles. The first-order valence-electron chi connectivity index (χ1n) is 8.41. The SMILES string of the molecule is CN1CCCC(N(C)Cc2ccccc2CNC2CC2)C1. The third kappa shape index (κ3) is 4.29. The predicted molar refractivity (Wildman–Crippen MR) is 88.3 cm³/mol.